The Morgan fingerprint density at radius 3 is 2.64 bits per heavy atom. The maximum absolute atomic E-state index is 11.5. The third-order valence-electron chi connectivity index (χ3n) is 2.16. The molecule has 0 aliphatic carbocycles. The highest BCUT2D eigenvalue weighted by Crippen LogP contribution is 2.20. The van der Waals surface area contributed by atoms with Gasteiger partial charge in [0.1, 0.15) is 5.76 Å². The zero-order chi connectivity index (χ0) is 10.9. The number of carbonyl (C=O) groups excluding carboxylic acids is 2. The predicted octanol–water partition coefficient (Wildman–Crippen LogP) is -0.379. The van der Waals surface area contributed by atoms with E-state index in [4.69, 9.17) is 10.5 Å². The molecule has 2 atom stereocenters. The molecule has 1 rings (SSSR count). The summed E-state index contributed by atoms with van der Waals surface area (Å²) in [6, 6.07) is -1.03. The van der Waals surface area contributed by atoms with Crippen molar-refractivity contribution in [2.24, 2.45) is 5.73 Å². The molecule has 1 aliphatic rings. The number of ether oxygens (including phenoxy) is 1. The molecule has 0 aromatic heterocycles. The van der Waals surface area contributed by atoms with Crippen LogP contribution in [0.1, 0.15) is 13.8 Å². The maximum Gasteiger partial charge on any atom is 0.257 e. The Bertz CT molecular complexity index is 296. The van der Waals surface area contributed by atoms with E-state index in [1.54, 1.807) is 13.8 Å². The van der Waals surface area contributed by atoms with Gasteiger partial charge in [-0.15, -0.1) is 0 Å². The van der Waals surface area contributed by atoms with Gasteiger partial charge in [-0.1, -0.05) is 0 Å². The minimum atomic E-state index is -0.675. The number of imide groups is 1. The molecule has 1 heterocycles. The van der Waals surface area contributed by atoms with Crippen molar-refractivity contribution in [1.82, 2.24) is 4.90 Å². The summed E-state index contributed by atoms with van der Waals surface area (Å²) in [7, 11) is 1.47. The molecule has 2 amide bonds. The molecule has 0 spiro atoms. The molecule has 0 fully saturated rings. The summed E-state index contributed by atoms with van der Waals surface area (Å²) in [6.07, 6.45) is 1.31. The second-order valence-electron chi connectivity index (χ2n) is 3.26. The van der Waals surface area contributed by atoms with Crippen LogP contribution in [0.2, 0.25) is 0 Å². The van der Waals surface area contributed by atoms with Crippen molar-refractivity contribution >= 4 is 11.8 Å². The van der Waals surface area contributed by atoms with Gasteiger partial charge in [-0.25, -0.2) is 0 Å². The van der Waals surface area contributed by atoms with E-state index in [0.717, 1.165) is 4.90 Å². The fourth-order valence-corrected chi connectivity index (χ4v) is 1.38. The standard InChI is InChI=1S/C9H14N2O3/c1-5(10)9(13)11-6(2)7(14-3)4-8(11)12/h4-6H,10H2,1-3H3. The van der Waals surface area contributed by atoms with Crippen molar-refractivity contribution in [3.63, 3.8) is 0 Å². The summed E-state index contributed by atoms with van der Waals surface area (Å²) in [4.78, 5) is 24.0. The van der Waals surface area contributed by atoms with Gasteiger partial charge in [0, 0.05) is 6.08 Å². The minimum Gasteiger partial charge on any atom is -0.499 e. The van der Waals surface area contributed by atoms with Crippen LogP contribution in [0.5, 0.6) is 0 Å². The first-order chi connectivity index (χ1) is 6.49. The number of nitrogens with zero attached hydrogens (tertiary/aromatic N) is 1. The summed E-state index contributed by atoms with van der Waals surface area (Å²) in [6.45, 7) is 3.27. The van der Waals surface area contributed by atoms with Gasteiger partial charge in [0.15, 0.2) is 0 Å². The SMILES string of the molecule is COC1=CC(=O)N(C(=O)C(C)N)C1C. The fourth-order valence-electron chi connectivity index (χ4n) is 1.38. The Kier molecular flexibility index (Phi) is 2.90. The Labute approximate surface area is 82.5 Å². The number of amides is 2. The lowest BCUT2D eigenvalue weighted by Crippen LogP contribution is -2.46. The second-order valence-corrected chi connectivity index (χ2v) is 3.26. The van der Waals surface area contributed by atoms with Gasteiger partial charge in [-0.05, 0) is 13.8 Å². The molecule has 0 saturated carbocycles. The van der Waals surface area contributed by atoms with Gasteiger partial charge in [0.2, 0.25) is 5.91 Å². The van der Waals surface area contributed by atoms with E-state index in [0.29, 0.717) is 5.76 Å². The highest BCUT2D eigenvalue weighted by Gasteiger charge is 2.36. The Balaban J connectivity index is 2.86. The molecule has 0 bridgehead atoms. The molecule has 2 unspecified atom stereocenters. The molecular formula is C9H14N2O3. The van der Waals surface area contributed by atoms with Crippen LogP contribution >= 0.6 is 0 Å². The average molecular weight is 198 g/mol. The Morgan fingerprint density at radius 1 is 1.71 bits per heavy atom. The van der Waals surface area contributed by atoms with E-state index >= 15 is 0 Å². The fraction of sp³-hybridized carbons (Fsp3) is 0.556. The van der Waals surface area contributed by atoms with Crippen LogP contribution < -0.4 is 5.73 Å². The zero-order valence-electron chi connectivity index (χ0n) is 8.48. The first kappa shape index (κ1) is 10.7. The molecule has 5 heteroatoms. The quantitative estimate of drug-likeness (QED) is 0.656. The van der Waals surface area contributed by atoms with Crippen molar-refractivity contribution in [3.8, 4) is 0 Å². The van der Waals surface area contributed by atoms with E-state index in [2.05, 4.69) is 0 Å². The smallest absolute Gasteiger partial charge is 0.257 e. The summed E-state index contributed by atoms with van der Waals surface area (Å²) >= 11 is 0. The Morgan fingerprint density at radius 2 is 2.29 bits per heavy atom. The van der Waals surface area contributed by atoms with Crippen LogP contribution in [0.3, 0.4) is 0 Å². The number of rotatable bonds is 2. The summed E-state index contributed by atoms with van der Waals surface area (Å²) < 4.78 is 4.96. The molecular weight excluding hydrogens is 184 g/mol. The van der Waals surface area contributed by atoms with Gasteiger partial charge >= 0.3 is 0 Å². The lowest BCUT2D eigenvalue weighted by atomic mass is 10.2. The number of hydrogen-bond donors (Lipinski definition) is 1. The van der Waals surface area contributed by atoms with Gasteiger partial charge in [-0.2, -0.15) is 0 Å². The van der Waals surface area contributed by atoms with Crippen LogP contribution in [0.4, 0.5) is 0 Å². The lowest BCUT2D eigenvalue weighted by Gasteiger charge is -2.22. The van der Waals surface area contributed by atoms with Crippen LogP contribution in [0.15, 0.2) is 11.8 Å². The normalized spacial score (nSPS) is 23.4. The third-order valence-corrected chi connectivity index (χ3v) is 2.16. The number of methoxy groups -OCH3 is 1. The van der Waals surface area contributed by atoms with Gasteiger partial charge < -0.3 is 10.5 Å². The molecule has 0 radical (unpaired) electrons. The second kappa shape index (κ2) is 3.79. The van der Waals surface area contributed by atoms with Crippen LogP contribution in [-0.4, -0.2) is 35.9 Å². The van der Waals surface area contributed by atoms with Crippen LogP contribution in [-0.2, 0) is 14.3 Å². The molecule has 78 valence electrons. The van der Waals surface area contributed by atoms with Gasteiger partial charge in [0.25, 0.3) is 5.91 Å². The van der Waals surface area contributed by atoms with Gasteiger partial charge in [-0.3, -0.25) is 14.5 Å². The highest BCUT2D eigenvalue weighted by atomic mass is 16.5. The van der Waals surface area contributed by atoms with Crippen molar-refractivity contribution in [1.29, 1.82) is 0 Å². The van der Waals surface area contributed by atoms with E-state index in [1.165, 1.54) is 13.2 Å². The molecule has 1 aliphatic heterocycles. The van der Waals surface area contributed by atoms with Crippen molar-refractivity contribution < 1.29 is 14.3 Å². The zero-order valence-corrected chi connectivity index (χ0v) is 8.48. The number of hydrogen-bond acceptors (Lipinski definition) is 4. The maximum atomic E-state index is 11.5. The molecule has 5 nitrogen and oxygen atoms in total. The van der Waals surface area contributed by atoms with Crippen LogP contribution in [0.25, 0.3) is 0 Å². The highest BCUT2D eigenvalue weighted by molar-refractivity contribution is 6.05. The molecule has 0 aromatic rings. The molecule has 14 heavy (non-hydrogen) atoms. The largest absolute Gasteiger partial charge is 0.499 e. The monoisotopic (exact) mass is 198 g/mol. The lowest BCUT2D eigenvalue weighted by molar-refractivity contribution is -0.143. The number of nitrogens with two attached hydrogens (primary N) is 1. The van der Waals surface area contributed by atoms with E-state index in [-0.39, 0.29) is 17.9 Å². The first-order valence-electron chi connectivity index (χ1n) is 4.37. The summed E-state index contributed by atoms with van der Waals surface area (Å²) in [5, 5.41) is 0. The molecule has 0 saturated heterocycles. The molecule has 0 aromatic carbocycles. The average Bonchev–Trinajstić information content (AvgIpc) is 2.40. The van der Waals surface area contributed by atoms with Gasteiger partial charge in [0.05, 0.1) is 19.2 Å². The minimum absolute atomic E-state index is 0.356. The van der Waals surface area contributed by atoms with Crippen molar-refractivity contribution in [2.75, 3.05) is 7.11 Å². The van der Waals surface area contributed by atoms with Crippen LogP contribution in [0, 0.1) is 0 Å². The summed E-state index contributed by atoms with van der Waals surface area (Å²) in [5.41, 5.74) is 5.42. The first-order valence-corrected chi connectivity index (χ1v) is 4.37. The van der Waals surface area contributed by atoms with Crippen molar-refractivity contribution in [3.05, 3.63) is 11.8 Å². The van der Waals surface area contributed by atoms with E-state index < -0.39 is 6.04 Å². The van der Waals surface area contributed by atoms with E-state index in [9.17, 15) is 9.59 Å². The van der Waals surface area contributed by atoms with Crippen molar-refractivity contribution in [2.45, 2.75) is 25.9 Å². The topological polar surface area (TPSA) is 72.6 Å². The Hall–Kier alpha value is -1.36. The predicted molar refractivity (Wildman–Crippen MR) is 50.1 cm³/mol. The molecule has 2 N–H and O–H groups in total. The van der Waals surface area contributed by atoms with E-state index in [1.807, 2.05) is 0 Å². The number of carbonyl (C=O) groups is 2. The summed E-state index contributed by atoms with van der Waals surface area (Å²) in [5.74, 6) is -0.258. The third kappa shape index (κ3) is 1.63.